The van der Waals surface area contributed by atoms with Crippen LogP contribution in [0.25, 0.3) is 16.8 Å². The molecule has 0 aliphatic carbocycles. The van der Waals surface area contributed by atoms with Crippen LogP contribution in [0, 0.1) is 0 Å². The number of imidazole rings is 1. The number of fused-ring (bicyclic) bond motifs is 3. The number of para-hydroxylation sites is 2. The fourth-order valence-corrected chi connectivity index (χ4v) is 3.28. The summed E-state index contributed by atoms with van der Waals surface area (Å²) < 4.78 is 3.35. The number of benzene rings is 2. The third-order valence-electron chi connectivity index (χ3n) is 4.59. The fraction of sp³-hybridized carbons (Fsp3) is 0.200. The molecule has 0 bridgehead atoms. The first-order valence-electron chi connectivity index (χ1n) is 8.46. The van der Waals surface area contributed by atoms with E-state index in [-0.39, 0.29) is 11.4 Å². The molecule has 0 aliphatic rings. The lowest BCUT2D eigenvalue weighted by Gasteiger charge is -2.14. The summed E-state index contributed by atoms with van der Waals surface area (Å²) in [7, 11) is 0. The van der Waals surface area contributed by atoms with Crippen molar-refractivity contribution in [1.82, 2.24) is 14.0 Å². The van der Waals surface area contributed by atoms with Crippen molar-refractivity contribution >= 4 is 16.8 Å². The number of rotatable bonds is 4. The summed E-state index contributed by atoms with van der Waals surface area (Å²) in [5, 5.41) is 10.7. The highest BCUT2D eigenvalue weighted by molar-refractivity contribution is 5.79. The van der Waals surface area contributed by atoms with E-state index in [2.05, 4.69) is 17.1 Å². The molecule has 25 heavy (non-hydrogen) atoms. The first kappa shape index (κ1) is 15.4. The topological polar surface area (TPSA) is 59.5 Å². The molecule has 1 N–H and O–H groups in total. The number of hydrogen-bond donors (Lipinski definition) is 1. The van der Waals surface area contributed by atoms with Gasteiger partial charge in [-0.15, -0.1) is 0 Å². The van der Waals surface area contributed by atoms with Crippen molar-refractivity contribution in [2.45, 2.75) is 26.3 Å². The van der Waals surface area contributed by atoms with E-state index in [9.17, 15) is 9.90 Å². The predicted molar refractivity (Wildman–Crippen MR) is 98.1 cm³/mol. The van der Waals surface area contributed by atoms with Gasteiger partial charge in [0, 0.05) is 6.54 Å². The summed E-state index contributed by atoms with van der Waals surface area (Å²) in [5.74, 6) is 0.503. The van der Waals surface area contributed by atoms with E-state index in [0.717, 1.165) is 17.5 Å². The minimum atomic E-state index is -0.195. The second-order valence-electron chi connectivity index (χ2n) is 6.08. The van der Waals surface area contributed by atoms with Gasteiger partial charge in [-0.3, -0.25) is 9.36 Å². The lowest BCUT2D eigenvalue weighted by Crippen LogP contribution is -2.23. The molecular weight excluding hydrogens is 314 g/mol. The number of nitrogens with zero attached hydrogens (tertiary/aromatic N) is 3. The van der Waals surface area contributed by atoms with E-state index in [1.807, 2.05) is 49.4 Å². The van der Waals surface area contributed by atoms with Gasteiger partial charge in [0.2, 0.25) is 11.7 Å². The highest BCUT2D eigenvalue weighted by Crippen LogP contribution is 2.22. The largest absolute Gasteiger partial charge is 0.494 e. The molecular formula is C20H19N3O2. The minimum absolute atomic E-state index is 0.0197. The van der Waals surface area contributed by atoms with E-state index in [1.54, 1.807) is 8.97 Å². The zero-order valence-electron chi connectivity index (χ0n) is 14.0. The van der Waals surface area contributed by atoms with Gasteiger partial charge in [0.05, 0.1) is 16.6 Å². The van der Waals surface area contributed by atoms with Crippen molar-refractivity contribution in [3.05, 3.63) is 76.1 Å². The minimum Gasteiger partial charge on any atom is -0.494 e. The maximum absolute atomic E-state index is 12.8. The Labute approximate surface area is 144 Å². The monoisotopic (exact) mass is 333 g/mol. The zero-order valence-corrected chi connectivity index (χ0v) is 14.0. The van der Waals surface area contributed by atoms with Gasteiger partial charge in [0.25, 0.3) is 5.56 Å². The number of hydrogen-bond acceptors (Lipinski definition) is 3. The lowest BCUT2D eigenvalue weighted by molar-refractivity contribution is 0.405. The van der Waals surface area contributed by atoms with Crippen molar-refractivity contribution in [3.63, 3.8) is 0 Å². The van der Waals surface area contributed by atoms with Gasteiger partial charge in [-0.25, -0.2) is 9.38 Å². The smallest absolute Gasteiger partial charge is 0.266 e. The molecule has 5 heteroatoms. The van der Waals surface area contributed by atoms with Crippen molar-refractivity contribution in [2.24, 2.45) is 0 Å². The molecule has 2 aromatic carbocycles. The molecule has 0 saturated carbocycles. The van der Waals surface area contributed by atoms with Crippen molar-refractivity contribution in [1.29, 1.82) is 0 Å². The van der Waals surface area contributed by atoms with Crippen molar-refractivity contribution < 1.29 is 5.11 Å². The Kier molecular flexibility index (Phi) is 3.76. The molecule has 4 rings (SSSR count). The van der Waals surface area contributed by atoms with Crippen LogP contribution in [-0.4, -0.2) is 19.1 Å². The summed E-state index contributed by atoms with van der Waals surface area (Å²) >= 11 is 0. The third-order valence-corrected chi connectivity index (χ3v) is 4.59. The van der Waals surface area contributed by atoms with E-state index in [1.165, 1.54) is 5.56 Å². The molecule has 5 nitrogen and oxygen atoms in total. The quantitative estimate of drug-likeness (QED) is 0.624. The van der Waals surface area contributed by atoms with Crippen LogP contribution < -0.4 is 5.56 Å². The molecule has 0 amide bonds. The molecule has 2 heterocycles. The standard InChI is InChI=1S/C20H19N3O2/c1-2-15-18(24)22(13-12-14-8-4-3-5-9-14)20-21-16-10-6-7-11-17(16)23(20)19(15)25/h3-11,24H,2,12-13H2,1H3. The van der Waals surface area contributed by atoms with Gasteiger partial charge < -0.3 is 5.11 Å². The van der Waals surface area contributed by atoms with Crippen molar-refractivity contribution in [3.8, 4) is 5.88 Å². The average molecular weight is 333 g/mol. The summed E-state index contributed by atoms with van der Waals surface area (Å²) in [6, 6.07) is 17.6. The van der Waals surface area contributed by atoms with Crippen LogP contribution in [0.4, 0.5) is 0 Å². The Morgan fingerprint density at radius 2 is 1.76 bits per heavy atom. The number of aromatic hydroxyl groups is 1. The van der Waals surface area contributed by atoms with E-state index < -0.39 is 0 Å². The molecule has 0 atom stereocenters. The van der Waals surface area contributed by atoms with Crippen LogP contribution in [0.3, 0.4) is 0 Å². The molecule has 2 aromatic heterocycles. The molecule has 0 unspecified atom stereocenters. The molecule has 4 aromatic rings. The zero-order chi connectivity index (χ0) is 17.4. The lowest BCUT2D eigenvalue weighted by atomic mass is 10.1. The van der Waals surface area contributed by atoms with Gasteiger partial charge in [-0.1, -0.05) is 49.4 Å². The van der Waals surface area contributed by atoms with Gasteiger partial charge in [-0.05, 0) is 30.5 Å². The second-order valence-corrected chi connectivity index (χ2v) is 6.08. The van der Waals surface area contributed by atoms with E-state index in [0.29, 0.717) is 24.3 Å². The van der Waals surface area contributed by atoms with Crippen LogP contribution in [-0.2, 0) is 19.4 Å². The molecule has 0 saturated heterocycles. The first-order valence-corrected chi connectivity index (χ1v) is 8.46. The summed E-state index contributed by atoms with van der Waals surface area (Å²) in [6.45, 7) is 2.43. The molecule has 0 aliphatic heterocycles. The first-order chi connectivity index (χ1) is 12.2. The number of aromatic nitrogens is 3. The summed E-state index contributed by atoms with van der Waals surface area (Å²) in [6.07, 6.45) is 1.22. The fourth-order valence-electron chi connectivity index (χ4n) is 3.28. The highest BCUT2D eigenvalue weighted by atomic mass is 16.3. The van der Waals surface area contributed by atoms with Crippen LogP contribution in [0.1, 0.15) is 18.1 Å². The predicted octanol–water partition coefficient (Wildman–Crippen LogP) is 3.16. The maximum atomic E-state index is 12.8. The summed E-state index contributed by atoms with van der Waals surface area (Å²) in [4.78, 5) is 17.4. The highest BCUT2D eigenvalue weighted by Gasteiger charge is 2.18. The van der Waals surface area contributed by atoms with Gasteiger partial charge in [0.1, 0.15) is 0 Å². The number of aryl methyl sites for hydroxylation is 2. The maximum Gasteiger partial charge on any atom is 0.266 e. The van der Waals surface area contributed by atoms with Crippen LogP contribution in [0.5, 0.6) is 5.88 Å². The Morgan fingerprint density at radius 1 is 1.04 bits per heavy atom. The SMILES string of the molecule is CCc1c(O)n(CCc2ccccc2)c2nc3ccccc3n2c1=O. The molecule has 126 valence electrons. The van der Waals surface area contributed by atoms with Crippen molar-refractivity contribution in [2.75, 3.05) is 0 Å². The van der Waals surface area contributed by atoms with Gasteiger partial charge >= 0.3 is 0 Å². The Balaban J connectivity index is 1.94. The van der Waals surface area contributed by atoms with Crippen LogP contribution >= 0.6 is 0 Å². The Hall–Kier alpha value is -3.08. The van der Waals surface area contributed by atoms with E-state index >= 15 is 0 Å². The normalized spacial score (nSPS) is 11.4. The third kappa shape index (κ3) is 2.48. The van der Waals surface area contributed by atoms with Crippen LogP contribution in [0.15, 0.2) is 59.4 Å². The Morgan fingerprint density at radius 3 is 2.52 bits per heavy atom. The van der Waals surface area contributed by atoms with Gasteiger partial charge in [0.15, 0.2) is 0 Å². The average Bonchev–Trinajstić information content (AvgIpc) is 3.02. The van der Waals surface area contributed by atoms with E-state index in [4.69, 9.17) is 0 Å². The summed E-state index contributed by atoms with van der Waals surface area (Å²) in [5.41, 5.74) is 2.92. The molecule has 0 spiro atoms. The molecule has 0 radical (unpaired) electrons. The van der Waals surface area contributed by atoms with Crippen LogP contribution in [0.2, 0.25) is 0 Å². The van der Waals surface area contributed by atoms with Gasteiger partial charge in [-0.2, -0.15) is 0 Å². The second kappa shape index (κ2) is 6.09. The molecule has 0 fully saturated rings. The Bertz CT molecular complexity index is 1110.